The summed E-state index contributed by atoms with van der Waals surface area (Å²) in [4.78, 5) is 10.6. The van der Waals surface area contributed by atoms with Gasteiger partial charge in [-0.15, -0.1) is 5.73 Å². The van der Waals surface area contributed by atoms with Crippen LogP contribution in [0.5, 0.6) is 0 Å². The largest absolute Gasteiger partial charge is 0.481 e. The molecule has 0 radical (unpaired) electrons. The predicted octanol–water partition coefficient (Wildman–Crippen LogP) is 6.67. The van der Waals surface area contributed by atoms with Gasteiger partial charge in [0.25, 0.3) is 0 Å². The number of hydrogen-bond acceptors (Lipinski definition) is 3. The molecule has 0 spiro atoms. The third kappa shape index (κ3) is 9.09. The first-order valence-electron chi connectivity index (χ1n) is 12.2. The summed E-state index contributed by atoms with van der Waals surface area (Å²) in [6, 6.07) is 10.6. The molecule has 0 heterocycles. The molecule has 0 fully saturated rings. The van der Waals surface area contributed by atoms with Crippen LogP contribution in [-0.4, -0.2) is 36.7 Å². The fourth-order valence-corrected chi connectivity index (χ4v) is 5.46. The Bertz CT molecular complexity index is 844. The third-order valence-corrected chi connectivity index (χ3v) is 11.6. The molecule has 0 bridgehead atoms. The van der Waals surface area contributed by atoms with Gasteiger partial charge in [0.15, 0.2) is 8.32 Å². The second-order valence-corrected chi connectivity index (χ2v) is 15.4. The minimum Gasteiger partial charge on any atom is -0.481 e. The molecule has 1 aromatic rings. The maximum absolute atomic E-state index is 10.6. The number of aliphatic carboxylic acids is 1. The van der Waals surface area contributed by atoms with Crippen LogP contribution in [-0.2, 0) is 15.6 Å². The van der Waals surface area contributed by atoms with E-state index in [0.29, 0.717) is 6.42 Å². The van der Waals surface area contributed by atoms with E-state index in [1.165, 1.54) is 17.2 Å². The summed E-state index contributed by atoms with van der Waals surface area (Å²) in [6.07, 6.45) is 10.6. The maximum atomic E-state index is 10.6. The molecule has 1 aliphatic rings. The Morgan fingerprint density at radius 1 is 1.24 bits per heavy atom. The summed E-state index contributed by atoms with van der Waals surface area (Å²) in [6.45, 7) is 11.5. The maximum Gasteiger partial charge on any atom is 0.307 e. The molecule has 2 N–H and O–H groups in total. The van der Waals surface area contributed by atoms with Crippen molar-refractivity contribution >= 4 is 14.3 Å². The molecular weight excluding hydrogens is 428 g/mol. The lowest BCUT2D eigenvalue weighted by molar-refractivity contribution is -0.136. The number of carboxylic acid groups (broad SMARTS) is 1. The standard InChI is InChI=1S/C28H42O4Si/c1-28(2,3)33(4,5)32-24(21-22-13-9-8-10-14-22)19-17-23-18-20-26(29)25(23)15-11-6-7-12-16-27(30)31/h6,8-10,12-14,18,24-26,29H,11,15-17,19-21H2,1-5H3,(H,30,31)/t7?,24?,25-,26+/m1/s1. The highest BCUT2D eigenvalue weighted by Gasteiger charge is 2.39. The lowest BCUT2D eigenvalue weighted by Gasteiger charge is -2.39. The van der Waals surface area contributed by atoms with Crippen molar-refractivity contribution in [3.05, 3.63) is 65.4 Å². The van der Waals surface area contributed by atoms with E-state index in [0.717, 1.165) is 32.1 Å². The van der Waals surface area contributed by atoms with Gasteiger partial charge in [-0.2, -0.15) is 0 Å². The summed E-state index contributed by atoms with van der Waals surface area (Å²) in [5, 5.41) is 19.4. The minimum absolute atomic E-state index is 0.00919. The Kier molecular flexibility index (Phi) is 10.4. The second kappa shape index (κ2) is 12.5. The van der Waals surface area contributed by atoms with Crippen molar-refractivity contribution in [2.45, 2.75) is 96.1 Å². The van der Waals surface area contributed by atoms with E-state index in [9.17, 15) is 9.90 Å². The summed E-state index contributed by atoms with van der Waals surface area (Å²) < 4.78 is 6.85. The van der Waals surface area contributed by atoms with Gasteiger partial charge < -0.3 is 14.6 Å². The Hall–Kier alpha value is -1.91. The number of carbonyl (C=O) groups is 1. The molecule has 33 heavy (non-hydrogen) atoms. The van der Waals surface area contributed by atoms with Gasteiger partial charge in [-0.1, -0.05) is 62.8 Å². The zero-order valence-electron chi connectivity index (χ0n) is 21.0. The molecule has 0 amide bonds. The van der Waals surface area contributed by atoms with Crippen LogP contribution in [0.1, 0.15) is 64.9 Å². The van der Waals surface area contributed by atoms with E-state index in [1.54, 1.807) is 0 Å². The van der Waals surface area contributed by atoms with Gasteiger partial charge in [0.2, 0.25) is 0 Å². The highest BCUT2D eigenvalue weighted by atomic mass is 28.4. The van der Waals surface area contributed by atoms with Gasteiger partial charge in [-0.25, -0.2) is 0 Å². The van der Waals surface area contributed by atoms with Crippen LogP contribution in [0.25, 0.3) is 0 Å². The summed E-state index contributed by atoms with van der Waals surface area (Å²) in [5.41, 5.74) is 5.58. The lowest BCUT2D eigenvalue weighted by Crippen LogP contribution is -2.44. The molecule has 5 heteroatoms. The Morgan fingerprint density at radius 2 is 1.94 bits per heavy atom. The highest BCUT2D eigenvalue weighted by Crippen LogP contribution is 2.39. The molecule has 1 unspecified atom stereocenters. The Labute approximate surface area is 201 Å². The molecular formula is C28H42O4Si. The smallest absolute Gasteiger partial charge is 0.307 e. The number of benzene rings is 1. The van der Waals surface area contributed by atoms with Crippen molar-refractivity contribution in [2.75, 3.05) is 0 Å². The van der Waals surface area contributed by atoms with Crippen molar-refractivity contribution in [3.8, 4) is 0 Å². The Morgan fingerprint density at radius 3 is 2.58 bits per heavy atom. The highest BCUT2D eigenvalue weighted by molar-refractivity contribution is 6.74. The predicted molar refractivity (Wildman–Crippen MR) is 138 cm³/mol. The monoisotopic (exact) mass is 470 g/mol. The zero-order chi connectivity index (χ0) is 24.5. The normalized spacial score (nSPS) is 19.5. The first-order chi connectivity index (χ1) is 15.5. The van der Waals surface area contributed by atoms with E-state index < -0.39 is 14.3 Å². The quantitative estimate of drug-likeness (QED) is 0.203. The van der Waals surface area contributed by atoms with Crippen molar-refractivity contribution < 1.29 is 19.4 Å². The number of carboxylic acids is 1. The Balaban J connectivity index is 2.01. The van der Waals surface area contributed by atoms with Crippen LogP contribution in [0.3, 0.4) is 0 Å². The minimum atomic E-state index is -1.90. The first-order valence-corrected chi connectivity index (χ1v) is 15.1. The summed E-state index contributed by atoms with van der Waals surface area (Å²) in [5.74, 6) is -0.690. The second-order valence-electron chi connectivity index (χ2n) is 10.7. The van der Waals surface area contributed by atoms with Gasteiger partial charge in [-0.3, -0.25) is 4.79 Å². The molecule has 3 atom stereocenters. The van der Waals surface area contributed by atoms with E-state index in [-0.39, 0.29) is 29.6 Å². The van der Waals surface area contributed by atoms with Gasteiger partial charge in [0, 0.05) is 12.0 Å². The molecule has 0 saturated carbocycles. The van der Waals surface area contributed by atoms with Crippen LogP contribution < -0.4 is 0 Å². The number of aliphatic hydroxyl groups excluding tert-OH is 1. The summed E-state index contributed by atoms with van der Waals surface area (Å²) in [7, 11) is -1.90. The number of aliphatic hydroxyl groups is 1. The van der Waals surface area contributed by atoms with Gasteiger partial charge in [0.05, 0.1) is 12.5 Å². The van der Waals surface area contributed by atoms with Gasteiger partial charge in [-0.05, 0) is 74.4 Å². The first kappa shape index (κ1) is 27.3. The molecule has 0 aromatic heterocycles. The van der Waals surface area contributed by atoms with Gasteiger partial charge >= 0.3 is 5.97 Å². The number of hydrogen-bond donors (Lipinski definition) is 2. The summed E-state index contributed by atoms with van der Waals surface area (Å²) >= 11 is 0. The van der Waals surface area contributed by atoms with Crippen LogP contribution in [0.15, 0.2) is 59.9 Å². The molecule has 1 aromatic carbocycles. The molecule has 182 valence electrons. The fraction of sp³-hybridized carbons (Fsp3) is 0.571. The SMILES string of the molecule is CC(C)(C)[Si](C)(C)OC(CCC1=CC[C@H](O)[C@@H]1CCC=C=CCC(=O)O)Cc1ccccc1. The third-order valence-electron chi connectivity index (χ3n) is 7.03. The molecule has 2 rings (SSSR count). The zero-order valence-corrected chi connectivity index (χ0v) is 22.0. The lowest BCUT2D eigenvalue weighted by atomic mass is 9.90. The molecule has 4 nitrogen and oxygen atoms in total. The molecule has 1 aliphatic carbocycles. The topological polar surface area (TPSA) is 66.8 Å². The van der Waals surface area contributed by atoms with Crippen molar-refractivity contribution in [1.29, 1.82) is 0 Å². The van der Waals surface area contributed by atoms with E-state index in [2.05, 4.69) is 69.9 Å². The molecule has 0 aliphatic heterocycles. The van der Waals surface area contributed by atoms with Crippen LogP contribution in [0.2, 0.25) is 18.1 Å². The van der Waals surface area contributed by atoms with Crippen LogP contribution >= 0.6 is 0 Å². The van der Waals surface area contributed by atoms with Gasteiger partial charge in [0.1, 0.15) is 0 Å². The van der Waals surface area contributed by atoms with Crippen molar-refractivity contribution in [2.24, 2.45) is 5.92 Å². The average Bonchev–Trinajstić information content (AvgIpc) is 3.08. The van der Waals surface area contributed by atoms with Crippen molar-refractivity contribution in [1.82, 2.24) is 0 Å². The van der Waals surface area contributed by atoms with E-state index in [1.807, 2.05) is 12.1 Å². The van der Waals surface area contributed by atoms with Crippen molar-refractivity contribution in [3.63, 3.8) is 0 Å². The van der Waals surface area contributed by atoms with E-state index in [4.69, 9.17) is 9.53 Å². The van der Waals surface area contributed by atoms with E-state index >= 15 is 0 Å². The van der Waals surface area contributed by atoms with Crippen LogP contribution in [0.4, 0.5) is 0 Å². The van der Waals surface area contributed by atoms with Crippen LogP contribution in [0, 0.1) is 5.92 Å². The molecule has 0 saturated heterocycles. The fourth-order valence-electron chi connectivity index (χ4n) is 4.08. The average molecular weight is 471 g/mol. The number of rotatable bonds is 12.